The third kappa shape index (κ3) is 5.93. The molecule has 2 rings (SSSR count). The predicted octanol–water partition coefficient (Wildman–Crippen LogP) is 3.40. The van der Waals surface area contributed by atoms with E-state index in [1.165, 1.54) is 0 Å². The minimum atomic E-state index is -1.66. The Balaban J connectivity index is 0.00000312. The van der Waals surface area contributed by atoms with Crippen LogP contribution < -0.4 is 16.4 Å². The summed E-state index contributed by atoms with van der Waals surface area (Å²) in [6.07, 6.45) is 0. The quantitative estimate of drug-likeness (QED) is 0.281. The largest absolute Gasteiger partial charge is 0.370 e. The van der Waals surface area contributed by atoms with Crippen molar-refractivity contribution in [1.29, 1.82) is 0 Å². The summed E-state index contributed by atoms with van der Waals surface area (Å²) >= 11 is 0. The third-order valence-electron chi connectivity index (χ3n) is 2.99. The molecular weight excluding hydrogens is 448 g/mol. The van der Waals surface area contributed by atoms with Crippen LogP contribution in [0, 0.1) is 24.4 Å². The zero-order valence-corrected chi connectivity index (χ0v) is 15.5. The van der Waals surface area contributed by atoms with Crippen LogP contribution in [0.5, 0.6) is 0 Å². The Kier molecular flexibility index (Phi) is 7.68. The van der Waals surface area contributed by atoms with Gasteiger partial charge >= 0.3 is 0 Å². The van der Waals surface area contributed by atoms with Gasteiger partial charge in [0, 0.05) is 5.69 Å². The molecular formula is C16H16F3IN4O. The van der Waals surface area contributed by atoms with Crippen LogP contribution in [-0.4, -0.2) is 18.4 Å². The summed E-state index contributed by atoms with van der Waals surface area (Å²) in [4.78, 5) is 15.5. The number of hydrogen-bond donors (Lipinski definition) is 3. The van der Waals surface area contributed by atoms with Crippen LogP contribution in [-0.2, 0) is 4.79 Å². The van der Waals surface area contributed by atoms with Crippen molar-refractivity contribution in [2.24, 2.45) is 10.7 Å². The second kappa shape index (κ2) is 9.25. The molecule has 0 bridgehead atoms. The van der Waals surface area contributed by atoms with Gasteiger partial charge in [0.25, 0.3) is 0 Å². The molecule has 9 heteroatoms. The first-order valence-electron chi connectivity index (χ1n) is 6.94. The van der Waals surface area contributed by atoms with Crippen LogP contribution in [0.15, 0.2) is 41.4 Å². The average Bonchev–Trinajstić information content (AvgIpc) is 2.53. The van der Waals surface area contributed by atoms with Gasteiger partial charge in [-0.05, 0) is 36.8 Å². The van der Waals surface area contributed by atoms with Crippen molar-refractivity contribution in [1.82, 2.24) is 0 Å². The number of carbonyl (C=O) groups excluding carboxylic acids is 1. The van der Waals surface area contributed by atoms with Crippen molar-refractivity contribution >= 4 is 47.2 Å². The average molecular weight is 464 g/mol. The van der Waals surface area contributed by atoms with E-state index < -0.39 is 35.6 Å². The molecule has 5 nitrogen and oxygen atoms in total. The molecule has 0 spiro atoms. The topological polar surface area (TPSA) is 79.5 Å². The van der Waals surface area contributed by atoms with E-state index in [2.05, 4.69) is 15.6 Å². The summed E-state index contributed by atoms with van der Waals surface area (Å²) in [5.74, 6) is -5.21. The fourth-order valence-corrected chi connectivity index (χ4v) is 1.88. The van der Waals surface area contributed by atoms with Crippen molar-refractivity contribution in [2.75, 3.05) is 17.2 Å². The van der Waals surface area contributed by atoms with Crippen LogP contribution >= 0.6 is 24.0 Å². The molecule has 0 fully saturated rings. The normalized spacial score (nSPS) is 10.8. The number of nitrogens with two attached hydrogens (primary N) is 1. The van der Waals surface area contributed by atoms with Crippen molar-refractivity contribution in [2.45, 2.75) is 6.92 Å². The number of nitrogens with zero attached hydrogens (tertiary/aromatic N) is 1. The highest BCUT2D eigenvalue weighted by molar-refractivity contribution is 14.0. The van der Waals surface area contributed by atoms with Crippen molar-refractivity contribution in [3.63, 3.8) is 0 Å². The van der Waals surface area contributed by atoms with Crippen LogP contribution in [0.4, 0.5) is 24.5 Å². The molecule has 0 aliphatic carbocycles. The zero-order valence-electron chi connectivity index (χ0n) is 13.1. The first-order chi connectivity index (χ1) is 11.4. The Morgan fingerprint density at radius 2 is 1.84 bits per heavy atom. The number of nitrogens with one attached hydrogen (secondary N) is 2. The monoisotopic (exact) mass is 464 g/mol. The maximum Gasteiger partial charge on any atom is 0.246 e. The molecule has 0 atom stereocenters. The Hall–Kier alpha value is -2.30. The van der Waals surface area contributed by atoms with Gasteiger partial charge in [-0.15, -0.1) is 24.0 Å². The second-order valence-electron chi connectivity index (χ2n) is 4.97. The molecule has 1 amide bonds. The predicted molar refractivity (Wildman–Crippen MR) is 102 cm³/mol. The van der Waals surface area contributed by atoms with Gasteiger partial charge < -0.3 is 16.4 Å². The maximum absolute atomic E-state index is 13.4. The molecule has 0 aliphatic rings. The Labute approximate surface area is 159 Å². The molecule has 0 heterocycles. The fraction of sp³-hybridized carbons (Fsp3) is 0.125. The van der Waals surface area contributed by atoms with E-state index in [-0.39, 0.29) is 29.9 Å². The van der Waals surface area contributed by atoms with E-state index in [0.29, 0.717) is 11.8 Å². The van der Waals surface area contributed by atoms with Gasteiger partial charge in [-0.1, -0.05) is 12.1 Å². The van der Waals surface area contributed by atoms with Gasteiger partial charge in [0.2, 0.25) is 5.91 Å². The number of anilines is 2. The summed E-state index contributed by atoms with van der Waals surface area (Å²) < 4.78 is 39.3. The molecule has 0 aliphatic heterocycles. The third-order valence-corrected chi connectivity index (χ3v) is 2.99. The second-order valence-corrected chi connectivity index (χ2v) is 4.97. The number of amides is 1. The lowest BCUT2D eigenvalue weighted by atomic mass is 10.2. The number of rotatable bonds is 4. The van der Waals surface area contributed by atoms with Gasteiger partial charge in [-0.3, -0.25) is 4.79 Å². The van der Waals surface area contributed by atoms with Crippen molar-refractivity contribution in [3.8, 4) is 0 Å². The fourth-order valence-electron chi connectivity index (χ4n) is 1.88. The number of aryl methyl sites for hydroxylation is 1. The van der Waals surface area contributed by atoms with Gasteiger partial charge in [-0.2, -0.15) is 0 Å². The standard InChI is InChI=1S/C16H15F3N4O.HI/c1-9-3-2-4-10(7-9)22-16(20)21-8-13(24)23-12-6-5-11(17)14(18)15(12)19;/h2-7H,8H2,1H3,(H,23,24)(H3,20,21,22);1H. The lowest BCUT2D eigenvalue weighted by Crippen LogP contribution is -2.25. The van der Waals surface area contributed by atoms with Crippen molar-refractivity contribution in [3.05, 3.63) is 59.4 Å². The van der Waals surface area contributed by atoms with Gasteiger partial charge in [-0.25, -0.2) is 18.2 Å². The SMILES string of the molecule is Cc1cccc(NC(N)=NCC(=O)Nc2ccc(F)c(F)c2F)c1.I. The summed E-state index contributed by atoms with van der Waals surface area (Å²) in [7, 11) is 0. The maximum atomic E-state index is 13.4. The highest BCUT2D eigenvalue weighted by Gasteiger charge is 2.14. The first-order valence-corrected chi connectivity index (χ1v) is 6.94. The van der Waals surface area contributed by atoms with E-state index in [0.717, 1.165) is 11.6 Å². The molecule has 134 valence electrons. The Morgan fingerprint density at radius 1 is 1.12 bits per heavy atom. The summed E-state index contributed by atoms with van der Waals surface area (Å²) in [6, 6.07) is 8.96. The van der Waals surface area contributed by atoms with Crippen LogP contribution in [0.1, 0.15) is 5.56 Å². The molecule has 2 aromatic rings. The summed E-state index contributed by atoms with van der Waals surface area (Å²) in [5, 5.41) is 4.89. The molecule has 0 unspecified atom stereocenters. The minimum absolute atomic E-state index is 0. The van der Waals surface area contributed by atoms with Gasteiger partial charge in [0.15, 0.2) is 23.4 Å². The molecule has 0 saturated carbocycles. The minimum Gasteiger partial charge on any atom is -0.370 e. The number of carbonyl (C=O) groups is 1. The van der Waals surface area contributed by atoms with Gasteiger partial charge in [0.1, 0.15) is 6.54 Å². The van der Waals surface area contributed by atoms with E-state index in [4.69, 9.17) is 5.73 Å². The van der Waals surface area contributed by atoms with E-state index in [9.17, 15) is 18.0 Å². The lowest BCUT2D eigenvalue weighted by molar-refractivity contribution is -0.114. The van der Waals surface area contributed by atoms with Gasteiger partial charge in [0.05, 0.1) is 5.69 Å². The Morgan fingerprint density at radius 3 is 2.52 bits per heavy atom. The molecule has 0 radical (unpaired) electrons. The molecule has 0 aromatic heterocycles. The highest BCUT2D eigenvalue weighted by atomic mass is 127. The molecule has 0 saturated heterocycles. The van der Waals surface area contributed by atoms with Crippen LogP contribution in [0.25, 0.3) is 0 Å². The van der Waals surface area contributed by atoms with E-state index >= 15 is 0 Å². The summed E-state index contributed by atoms with van der Waals surface area (Å²) in [6.45, 7) is 1.49. The number of hydrogen-bond acceptors (Lipinski definition) is 2. The zero-order chi connectivity index (χ0) is 17.7. The van der Waals surface area contributed by atoms with Crippen LogP contribution in [0.2, 0.25) is 0 Å². The van der Waals surface area contributed by atoms with Crippen LogP contribution in [0.3, 0.4) is 0 Å². The Bertz CT molecular complexity index is 799. The number of benzene rings is 2. The lowest BCUT2D eigenvalue weighted by Gasteiger charge is -2.08. The molecule has 4 N–H and O–H groups in total. The number of aliphatic imine (C=N–C) groups is 1. The number of halogens is 4. The van der Waals surface area contributed by atoms with Crippen molar-refractivity contribution < 1.29 is 18.0 Å². The van der Waals surface area contributed by atoms with E-state index in [1.54, 1.807) is 6.07 Å². The molecule has 25 heavy (non-hydrogen) atoms. The highest BCUT2D eigenvalue weighted by Crippen LogP contribution is 2.19. The summed E-state index contributed by atoms with van der Waals surface area (Å²) in [5.41, 5.74) is 6.88. The smallest absolute Gasteiger partial charge is 0.246 e. The first kappa shape index (κ1) is 20.7. The van der Waals surface area contributed by atoms with E-state index in [1.807, 2.05) is 25.1 Å². The molecule has 2 aromatic carbocycles. The number of guanidine groups is 1.